The lowest BCUT2D eigenvalue weighted by Crippen LogP contribution is -2.39. The highest BCUT2D eigenvalue weighted by atomic mass is 127. The molecule has 2 N–H and O–H groups in total. The van der Waals surface area contributed by atoms with Crippen molar-refractivity contribution in [3.63, 3.8) is 0 Å². The molecule has 1 saturated carbocycles. The summed E-state index contributed by atoms with van der Waals surface area (Å²) in [5, 5.41) is 6.86. The standard InChI is InChI=1S/C16H32N4.HI/c1-3-17-16(19-15-13-14(15)2)18-9-8-12-20-10-6-4-5-7-11-20;/h14-15H,3-13H2,1-2H3,(H2,17,18,19);1H. The van der Waals surface area contributed by atoms with E-state index in [1.54, 1.807) is 0 Å². The van der Waals surface area contributed by atoms with Crippen LogP contribution in [0.2, 0.25) is 0 Å². The Labute approximate surface area is 147 Å². The molecule has 5 heteroatoms. The van der Waals surface area contributed by atoms with E-state index in [-0.39, 0.29) is 24.0 Å². The highest BCUT2D eigenvalue weighted by Gasteiger charge is 2.33. The van der Waals surface area contributed by atoms with Gasteiger partial charge in [-0.1, -0.05) is 19.8 Å². The van der Waals surface area contributed by atoms with Crippen molar-refractivity contribution in [2.24, 2.45) is 10.9 Å². The maximum absolute atomic E-state index is 4.70. The first kappa shape index (κ1) is 19.0. The van der Waals surface area contributed by atoms with E-state index in [1.165, 1.54) is 58.2 Å². The van der Waals surface area contributed by atoms with Gasteiger partial charge in [0.05, 0.1) is 0 Å². The summed E-state index contributed by atoms with van der Waals surface area (Å²) in [4.78, 5) is 7.32. The van der Waals surface area contributed by atoms with Gasteiger partial charge in [-0.25, -0.2) is 0 Å². The Hall–Kier alpha value is -0.0400. The van der Waals surface area contributed by atoms with E-state index in [9.17, 15) is 0 Å². The van der Waals surface area contributed by atoms with Crippen LogP contribution in [0, 0.1) is 5.92 Å². The van der Waals surface area contributed by atoms with Crippen LogP contribution in [-0.2, 0) is 0 Å². The predicted octanol–water partition coefficient (Wildman–Crippen LogP) is 2.83. The number of guanidine groups is 1. The van der Waals surface area contributed by atoms with Crippen molar-refractivity contribution < 1.29 is 0 Å². The van der Waals surface area contributed by atoms with Gasteiger partial charge in [-0.15, -0.1) is 24.0 Å². The van der Waals surface area contributed by atoms with Gasteiger partial charge < -0.3 is 15.5 Å². The first-order valence-corrected chi connectivity index (χ1v) is 8.57. The third-order valence-corrected chi connectivity index (χ3v) is 4.38. The number of rotatable bonds is 6. The normalized spacial score (nSPS) is 26.7. The van der Waals surface area contributed by atoms with E-state index < -0.39 is 0 Å². The molecule has 0 radical (unpaired) electrons. The molecular formula is C16H33IN4. The van der Waals surface area contributed by atoms with E-state index in [1.807, 2.05) is 0 Å². The average Bonchev–Trinajstić information content (AvgIpc) is 3.18. The highest BCUT2D eigenvalue weighted by molar-refractivity contribution is 14.0. The van der Waals surface area contributed by atoms with Gasteiger partial charge in [0, 0.05) is 19.1 Å². The van der Waals surface area contributed by atoms with Gasteiger partial charge in [0.25, 0.3) is 0 Å². The summed E-state index contributed by atoms with van der Waals surface area (Å²) in [7, 11) is 0. The summed E-state index contributed by atoms with van der Waals surface area (Å²) >= 11 is 0. The summed E-state index contributed by atoms with van der Waals surface area (Å²) < 4.78 is 0. The third-order valence-electron chi connectivity index (χ3n) is 4.38. The summed E-state index contributed by atoms with van der Waals surface area (Å²) in [6.45, 7) is 10.1. The van der Waals surface area contributed by atoms with Crippen LogP contribution in [0.5, 0.6) is 0 Å². The zero-order chi connectivity index (χ0) is 14.2. The Morgan fingerprint density at radius 3 is 2.43 bits per heavy atom. The molecular weight excluding hydrogens is 375 g/mol. The zero-order valence-corrected chi connectivity index (χ0v) is 16.1. The van der Waals surface area contributed by atoms with Gasteiger partial charge in [0.2, 0.25) is 0 Å². The van der Waals surface area contributed by atoms with Crippen LogP contribution >= 0.6 is 24.0 Å². The van der Waals surface area contributed by atoms with Crippen molar-refractivity contribution in [2.45, 2.75) is 58.4 Å². The van der Waals surface area contributed by atoms with Gasteiger partial charge in [0.15, 0.2) is 5.96 Å². The van der Waals surface area contributed by atoms with E-state index in [4.69, 9.17) is 4.99 Å². The van der Waals surface area contributed by atoms with Gasteiger partial charge >= 0.3 is 0 Å². The van der Waals surface area contributed by atoms with Crippen LogP contribution in [0.25, 0.3) is 0 Å². The molecule has 1 aliphatic heterocycles. The summed E-state index contributed by atoms with van der Waals surface area (Å²) in [5.74, 6) is 1.83. The molecule has 2 rings (SSSR count). The van der Waals surface area contributed by atoms with Crippen LogP contribution in [0.4, 0.5) is 0 Å². The number of hydrogen-bond acceptors (Lipinski definition) is 2. The fourth-order valence-corrected chi connectivity index (χ4v) is 2.86. The second-order valence-corrected chi connectivity index (χ2v) is 6.33. The number of hydrogen-bond donors (Lipinski definition) is 2. The van der Waals surface area contributed by atoms with E-state index in [0.717, 1.165) is 25.0 Å². The molecule has 0 aromatic carbocycles. The third kappa shape index (κ3) is 7.68. The SMILES string of the molecule is CCNC(=NCCCN1CCCCCC1)NC1CC1C.I. The molecule has 0 bridgehead atoms. The van der Waals surface area contributed by atoms with Gasteiger partial charge in [0.1, 0.15) is 0 Å². The van der Waals surface area contributed by atoms with Crippen molar-refractivity contribution in [3.05, 3.63) is 0 Å². The van der Waals surface area contributed by atoms with Crippen molar-refractivity contribution in [2.75, 3.05) is 32.7 Å². The van der Waals surface area contributed by atoms with Crippen LogP contribution < -0.4 is 10.6 Å². The maximum Gasteiger partial charge on any atom is 0.191 e. The monoisotopic (exact) mass is 408 g/mol. The molecule has 1 heterocycles. The Morgan fingerprint density at radius 1 is 1.19 bits per heavy atom. The minimum Gasteiger partial charge on any atom is -0.357 e. The minimum absolute atomic E-state index is 0. The Balaban J connectivity index is 0.00000220. The van der Waals surface area contributed by atoms with E-state index >= 15 is 0 Å². The predicted molar refractivity (Wildman–Crippen MR) is 102 cm³/mol. The second kappa shape index (κ2) is 10.6. The number of aliphatic imine (C=N–C) groups is 1. The highest BCUT2D eigenvalue weighted by Crippen LogP contribution is 2.28. The zero-order valence-electron chi connectivity index (χ0n) is 13.7. The van der Waals surface area contributed by atoms with Crippen LogP contribution in [0.1, 0.15) is 52.4 Å². The second-order valence-electron chi connectivity index (χ2n) is 6.33. The van der Waals surface area contributed by atoms with Crippen molar-refractivity contribution in [1.82, 2.24) is 15.5 Å². The van der Waals surface area contributed by atoms with Crippen LogP contribution in [0.3, 0.4) is 0 Å². The summed E-state index contributed by atoms with van der Waals surface area (Å²) in [6, 6.07) is 0.651. The molecule has 2 atom stereocenters. The first-order valence-electron chi connectivity index (χ1n) is 8.57. The topological polar surface area (TPSA) is 39.7 Å². The van der Waals surface area contributed by atoms with Crippen molar-refractivity contribution in [3.8, 4) is 0 Å². The average molecular weight is 408 g/mol. The maximum atomic E-state index is 4.70. The lowest BCUT2D eigenvalue weighted by molar-refractivity contribution is 0.283. The number of nitrogens with zero attached hydrogens (tertiary/aromatic N) is 2. The smallest absolute Gasteiger partial charge is 0.191 e. The number of halogens is 1. The van der Waals surface area contributed by atoms with Gasteiger partial charge in [-0.05, 0) is 58.2 Å². The Bertz CT molecular complexity index is 301. The number of likely N-dealkylation sites (tertiary alicyclic amines) is 1. The molecule has 2 aliphatic rings. The molecule has 2 unspecified atom stereocenters. The van der Waals surface area contributed by atoms with E-state index in [0.29, 0.717) is 6.04 Å². The molecule has 1 aliphatic carbocycles. The molecule has 0 amide bonds. The van der Waals surface area contributed by atoms with Crippen molar-refractivity contribution in [1.29, 1.82) is 0 Å². The molecule has 0 aromatic rings. The lowest BCUT2D eigenvalue weighted by Gasteiger charge is -2.19. The summed E-state index contributed by atoms with van der Waals surface area (Å²) in [6.07, 6.45) is 8.07. The molecule has 0 aromatic heterocycles. The number of nitrogens with one attached hydrogen (secondary N) is 2. The minimum atomic E-state index is 0. The molecule has 1 saturated heterocycles. The van der Waals surface area contributed by atoms with E-state index in [2.05, 4.69) is 29.4 Å². The fraction of sp³-hybridized carbons (Fsp3) is 0.938. The molecule has 0 spiro atoms. The molecule has 21 heavy (non-hydrogen) atoms. The molecule has 2 fully saturated rings. The molecule has 4 nitrogen and oxygen atoms in total. The largest absolute Gasteiger partial charge is 0.357 e. The Kier molecular flexibility index (Phi) is 9.64. The van der Waals surface area contributed by atoms with Gasteiger partial charge in [-0.3, -0.25) is 4.99 Å². The van der Waals surface area contributed by atoms with Crippen LogP contribution in [-0.4, -0.2) is 49.6 Å². The Morgan fingerprint density at radius 2 is 1.86 bits per heavy atom. The quantitative estimate of drug-likeness (QED) is 0.307. The lowest BCUT2D eigenvalue weighted by atomic mass is 10.2. The van der Waals surface area contributed by atoms with Crippen LogP contribution in [0.15, 0.2) is 4.99 Å². The van der Waals surface area contributed by atoms with Crippen molar-refractivity contribution >= 4 is 29.9 Å². The summed E-state index contributed by atoms with van der Waals surface area (Å²) in [5.41, 5.74) is 0. The molecule has 124 valence electrons. The van der Waals surface area contributed by atoms with Gasteiger partial charge in [-0.2, -0.15) is 0 Å². The first-order chi connectivity index (χ1) is 9.79. The fourth-order valence-electron chi connectivity index (χ4n) is 2.86.